The first kappa shape index (κ1) is 13.4. The summed E-state index contributed by atoms with van der Waals surface area (Å²) in [6.45, 7) is 0.769. The molecule has 1 saturated carbocycles. The smallest absolute Gasteiger partial charge is 0.314 e. The molecular formula is C14H18N2O3. The standard InChI is InChI=1S/C14H18N2O3/c17-13(18)12(11-4-2-1-3-5-11)9-16-14(19)15-8-10-6-7-10/h1-5,10,12H,6-9H2,(H,17,18)(H2,15,16,19). The molecule has 3 N–H and O–H groups in total. The van der Waals surface area contributed by atoms with E-state index < -0.39 is 11.9 Å². The van der Waals surface area contributed by atoms with Crippen molar-refractivity contribution in [2.45, 2.75) is 18.8 Å². The number of hydrogen-bond donors (Lipinski definition) is 3. The lowest BCUT2D eigenvalue weighted by Crippen LogP contribution is -2.40. The van der Waals surface area contributed by atoms with Gasteiger partial charge >= 0.3 is 12.0 Å². The number of aliphatic carboxylic acids is 1. The molecule has 19 heavy (non-hydrogen) atoms. The first-order chi connectivity index (χ1) is 9.16. The average Bonchev–Trinajstić information content (AvgIpc) is 3.21. The largest absolute Gasteiger partial charge is 0.481 e. The van der Waals surface area contributed by atoms with Crippen LogP contribution in [0.1, 0.15) is 24.3 Å². The Morgan fingerprint density at radius 1 is 1.21 bits per heavy atom. The van der Waals surface area contributed by atoms with Crippen LogP contribution in [0.25, 0.3) is 0 Å². The Balaban J connectivity index is 1.83. The molecule has 0 radical (unpaired) electrons. The fourth-order valence-electron chi connectivity index (χ4n) is 1.85. The number of nitrogens with one attached hydrogen (secondary N) is 2. The molecule has 0 saturated heterocycles. The predicted molar refractivity (Wildman–Crippen MR) is 70.9 cm³/mol. The summed E-state index contributed by atoms with van der Waals surface area (Å²) in [5.41, 5.74) is 0.692. The van der Waals surface area contributed by atoms with Crippen molar-refractivity contribution in [3.63, 3.8) is 0 Å². The summed E-state index contributed by atoms with van der Waals surface area (Å²) in [5, 5.41) is 14.6. The molecule has 1 unspecified atom stereocenters. The number of amides is 2. The van der Waals surface area contributed by atoms with Crippen molar-refractivity contribution in [3.05, 3.63) is 35.9 Å². The average molecular weight is 262 g/mol. The van der Waals surface area contributed by atoms with Crippen LogP contribution in [0.15, 0.2) is 30.3 Å². The van der Waals surface area contributed by atoms with E-state index in [2.05, 4.69) is 10.6 Å². The van der Waals surface area contributed by atoms with Gasteiger partial charge in [0, 0.05) is 13.1 Å². The Kier molecular flexibility index (Phi) is 4.39. The summed E-state index contributed by atoms with van der Waals surface area (Å²) < 4.78 is 0. The number of rotatable bonds is 6. The maximum absolute atomic E-state index is 11.5. The van der Waals surface area contributed by atoms with Crippen LogP contribution in [0, 0.1) is 5.92 Å². The van der Waals surface area contributed by atoms with Gasteiger partial charge in [-0.3, -0.25) is 4.79 Å². The first-order valence-corrected chi connectivity index (χ1v) is 6.46. The summed E-state index contributed by atoms with van der Waals surface area (Å²) in [6.07, 6.45) is 2.34. The molecular weight excluding hydrogens is 244 g/mol. The van der Waals surface area contributed by atoms with Crippen molar-refractivity contribution in [1.29, 1.82) is 0 Å². The van der Waals surface area contributed by atoms with Gasteiger partial charge in [-0.05, 0) is 24.3 Å². The third-order valence-electron chi connectivity index (χ3n) is 3.21. The van der Waals surface area contributed by atoms with Gasteiger partial charge in [-0.15, -0.1) is 0 Å². The number of carbonyl (C=O) groups is 2. The second kappa shape index (κ2) is 6.22. The minimum Gasteiger partial charge on any atom is -0.481 e. The molecule has 0 aliphatic heterocycles. The fraction of sp³-hybridized carbons (Fsp3) is 0.429. The van der Waals surface area contributed by atoms with E-state index in [0.29, 0.717) is 18.0 Å². The maximum Gasteiger partial charge on any atom is 0.314 e. The van der Waals surface area contributed by atoms with Crippen LogP contribution in [-0.4, -0.2) is 30.2 Å². The molecule has 1 fully saturated rings. The van der Waals surface area contributed by atoms with E-state index in [0.717, 1.165) is 0 Å². The lowest BCUT2D eigenvalue weighted by atomic mass is 9.99. The third-order valence-corrected chi connectivity index (χ3v) is 3.21. The van der Waals surface area contributed by atoms with E-state index in [-0.39, 0.29) is 12.6 Å². The molecule has 1 aliphatic rings. The molecule has 1 atom stereocenters. The van der Waals surface area contributed by atoms with Crippen LogP contribution in [0.2, 0.25) is 0 Å². The highest BCUT2D eigenvalue weighted by atomic mass is 16.4. The monoisotopic (exact) mass is 262 g/mol. The van der Waals surface area contributed by atoms with E-state index in [4.69, 9.17) is 0 Å². The summed E-state index contributed by atoms with van der Waals surface area (Å²) >= 11 is 0. The van der Waals surface area contributed by atoms with Gasteiger partial charge in [0.15, 0.2) is 0 Å². The number of benzene rings is 1. The molecule has 0 spiro atoms. The van der Waals surface area contributed by atoms with E-state index in [1.165, 1.54) is 12.8 Å². The van der Waals surface area contributed by atoms with Gasteiger partial charge in [-0.25, -0.2) is 4.79 Å². The first-order valence-electron chi connectivity index (χ1n) is 6.46. The van der Waals surface area contributed by atoms with Gasteiger partial charge in [0.05, 0.1) is 5.92 Å². The van der Waals surface area contributed by atoms with Crippen LogP contribution in [0.5, 0.6) is 0 Å². The van der Waals surface area contributed by atoms with Gasteiger partial charge < -0.3 is 15.7 Å². The molecule has 0 aromatic heterocycles. The molecule has 2 amide bonds. The Morgan fingerprint density at radius 2 is 1.89 bits per heavy atom. The second-order valence-corrected chi connectivity index (χ2v) is 4.84. The maximum atomic E-state index is 11.5. The summed E-state index contributed by atoms with van der Waals surface area (Å²) in [5.74, 6) is -1.04. The number of carboxylic acids is 1. The fourth-order valence-corrected chi connectivity index (χ4v) is 1.85. The zero-order valence-corrected chi connectivity index (χ0v) is 10.6. The van der Waals surface area contributed by atoms with Crippen LogP contribution in [0.4, 0.5) is 4.79 Å². The molecule has 2 rings (SSSR count). The minimum absolute atomic E-state index is 0.0931. The molecule has 0 heterocycles. The third kappa shape index (κ3) is 4.28. The van der Waals surface area contributed by atoms with Crippen LogP contribution in [0.3, 0.4) is 0 Å². The van der Waals surface area contributed by atoms with Crippen molar-refractivity contribution in [1.82, 2.24) is 10.6 Å². The second-order valence-electron chi connectivity index (χ2n) is 4.84. The topological polar surface area (TPSA) is 78.4 Å². The number of hydrogen-bond acceptors (Lipinski definition) is 2. The highest BCUT2D eigenvalue weighted by Crippen LogP contribution is 2.27. The Bertz CT molecular complexity index is 443. The lowest BCUT2D eigenvalue weighted by molar-refractivity contribution is -0.138. The molecule has 1 aromatic rings. The van der Waals surface area contributed by atoms with Crippen molar-refractivity contribution in [2.75, 3.05) is 13.1 Å². The molecule has 1 aliphatic carbocycles. The van der Waals surface area contributed by atoms with Gasteiger partial charge in [-0.1, -0.05) is 30.3 Å². The number of carbonyl (C=O) groups excluding carboxylic acids is 1. The number of carboxylic acid groups (broad SMARTS) is 1. The van der Waals surface area contributed by atoms with Gasteiger partial charge in [-0.2, -0.15) is 0 Å². The Labute approximate surface area is 112 Å². The van der Waals surface area contributed by atoms with Gasteiger partial charge in [0.2, 0.25) is 0 Å². The van der Waals surface area contributed by atoms with E-state index >= 15 is 0 Å². The highest BCUT2D eigenvalue weighted by molar-refractivity contribution is 5.79. The van der Waals surface area contributed by atoms with Crippen LogP contribution >= 0.6 is 0 Å². The zero-order valence-electron chi connectivity index (χ0n) is 10.6. The molecule has 5 heteroatoms. The summed E-state index contributed by atoms with van der Waals surface area (Å²) in [7, 11) is 0. The van der Waals surface area contributed by atoms with E-state index in [9.17, 15) is 14.7 Å². The summed E-state index contributed by atoms with van der Waals surface area (Å²) in [4.78, 5) is 22.7. The van der Waals surface area contributed by atoms with Gasteiger partial charge in [0.1, 0.15) is 0 Å². The van der Waals surface area contributed by atoms with E-state index in [1.54, 1.807) is 24.3 Å². The van der Waals surface area contributed by atoms with Crippen molar-refractivity contribution >= 4 is 12.0 Å². The van der Waals surface area contributed by atoms with Crippen molar-refractivity contribution < 1.29 is 14.7 Å². The minimum atomic E-state index is -0.936. The van der Waals surface area contributed by atoms with Crippen molar-refractivity contribution in [3.8, 4) is 0 Å². The van der Waals surface area contributed by atoms with E-state index in [1.807, 2.05) is 6.07 Å². The van der Waals surface area contributed by atoms with Crippen LogP contribution in [-0.2, 0) is 4.79 Å². The quantitative estimate of drug-likeness (QED) is 0.728. The lowest BCUT2D eigenvalue weighted by Gasteiger charge is -2.14. The summed E-state index contributed by atoms with van der Waals surface area (Å²) in [6, 6.07) is 8.62. The normalized spacial score (nSPS) is 15.6. The molecule has 5 nitrogen and oxygen atoms in total. The molecule has 1 aromatic carbocycles. The predicted octanol–water partition coefficient (Wildman–Crippen LogP) is 1.56. The van der Waals surface area contributed by atoms with Crippen LogP contribution < -0.4 is 10.6 Å². The Morgan fingerprint density at radius 3 is 2.47 bits per heavy atom. The highest BCUT2D eigenvalue weighted by Gasteiger charge is 2.23. The number of urea groups is 1. The SMILES string of the molecule is O=C(NCC1CC1)NCC(C(=O)O)c1ccccc1. The Hall–Kier alpha value is -2.04. The van der Waals surface area contributed by atoms with Gasteiger partial charge in [0.25, 0.3) is 0 Å². The zero-order chi connectivity index (χ0) is 13.7. The van der Waals surface area contributed by atoms with Crippen molar-refractivity contribution in [2.24, 2.45) is 5.92 Å². The molecule has 102 valence electrons. The molecule has 0 bridgehead atoms.